The predicted octanol–water partition coefficient (Wildman–Crippen LogP) is -0.118. The van der Waals surface area contributed by atoms with Gasteiger partial charge in [0.15, 0.2) is 0 Å². The summed E-state index contributed by atoms with van der Waals surface area (Å²) in [6.07, 6.45) is 1.43. The Morgan fingerprint density at radius 2 is 1.84 bits per heavy atom. The zero-order valence-corrected chi connectivity index (χ0v) is 11.3. The van der Waals surface area contributed by atoms with Gasteiger partial charge in [0.1, 0.15) is 10.7 Å². The molecule has 4 N–H and O–H groups in total. The van der Waals surface area contributed by atoms with Crippen molar-refractivity contribution in [3.8, 4) is 0 Å². The van der Waals surface area contributed by atoms with E-state index in [1.54, 1.807) is 0 Å². The van der Waals surface area contributed by atoms with Crippen LogP contribution in [0, 0.1) is 5.82 Å². The molecule has 0 saturated heterocycles. The number of rotatable bonds is 5. The fourth-order valence-corrected chi connectivity index (χ4v) is 3.36. The molecule has 10 heteroatoms. The van der Waals surface area contributed by atoms with Gasteiger partial charge in [-0.15, -0.1) is 0 Å². The van der Waals surface area contributed by atoms with Crippen molar-refractivity contribution < 1.29 is 21.2 Å². The molecule has 0 atom stereocenters. The Hall–Kier alpha value is -1.23. The largest absolute Gasteiger partial charge is 0.299 e. The second-order valence-electron chi connectivity index (χ2n) is 4.18. The third-order valence-electron chi connectivity index (χ3n) is 2.39. The first kappa shape index (κ1) is 14.2. The maximum Gasteiger partial charge on any atom is 0.299 e. The fraction of sp³-hybridized carbons (Fsp3) is 0.333. The summed E-state index contributed by atoms with van der Waals surface area (Å²) >= 11 is 0. The molecule has 0 spiro atoms. The minimum Gasteiger partial charge on any atom is -0.270 e. The highest BCUT2D eigenvalue weighted by atomic mass is 32.2. The first-order valence-corrected chi connectivity index (χ1v) is 8.33. The molecule has 0 bridgehead atoms. The van der Waals surface area contributed by atoms with E-state index in [1.807, 2.05) is 4.72 Å². The highest BCUT2D eigenvalue weighted by molar-refractivity contribution is 7.91. The van der Waals surface area contributed by atoms with Crippen molar-refractivity contribution in [3.05, 3.63) is 24.0 Å². The van der Waals surface area contributed by atoms with Crippen LogP contribution in [0.25, 0.3) is 0 Å². The minimum atomic E-state index is -4.16. The van der Waals surface area contributed by atoms with Gasteiger partial charge in [-0.2, -0.15) is 13.1 Å². The number of hydrogen-bond acceptors (Lipinski definition) is 4. The lowest BCUT2D eigenvalue weighted by molar-refractivity contribution is 0.586. The quantitative estimate of drug-likeness (QED) is 0.702. The van der Waals surface area contributed by atoms with Crippen molar-refractivity contribution in [3.63, 3.8) is 0 Å². The van der Waals surface area contributed by atoms with Gasteiger partial charge in [-0.05, 0) is 31.0 Å². The Balaban J connectivity index is 2.35. The summed E-state index contributed by atoms with van der Waals surface area (Å²) in [6, 6.07) is 2.38. The summed E-state index contributed by atoms with van der Waals surface area (Å²) in [6.45, 7) is 0. The van der Waals surface area contributed by atoms with Gasteiger partial charge in [-0.3, -0.25) is 4.72 Å². The van der Waals surface area contributed by atoms with Gasteiger partial charge in [0.25, 0.3) is 10.2 Å². The van der Waals surface area contributed by atoms with E-state index in [-0.39, 0.29) is 6.04 Å². The number of hydrogen-bond donors (Lipinski definition) is 3. The van der Waals surface area contributed by atoms with Gasteiger partial charge in [0.05, 0.1) is 5.69 Å². The van der Waals surface area contributed by atoms with Crippen LogP contribution in [0.15, 0.2) is 23.1 Å². The van der Waals surface area contributed by atoms with Crippen molar-refractivity contribution in [1.29, 1.82) is 0 Å². The normalized spacial score (nSPS) is 16.3. The molecule has 7 nitrogen and oxygen atoms in total. The molecule has 1 aliphatic carbocycles. The predicted molar refractivity (Wildman–Crippen MR) is 66.5 cm³/mol. The number of anilines is 1. The average Bonchev–Trinajstić information content (AvgIpc) is 2.97. The van der Waals surface area contributed by atoms with Crippen LogP contribution in [-0.2, 0) is 20.2 Å². The van der Waals surface area contributed by atoms with Crippen molar-refractivity contribution in [2.24, 2.45) is 5.14 Å². The topological polar surface area (TPSA) is 118 Å². The monoisotopic (exact) mass is 309 g/mol. The molecule has 0 unspecified atom stereocenters. The standard InChI is InChI=1S/C9H12FN3O4S2/c10-6-1-4-9(18(11,14)15)8(5-6)13-19(16,17)12-7-2-3-7/h1,4-5,7,12-13H,2-3H2,(H2,11,14,15). The molecule has 0 aromatic heterocycles. The van der Waals surface area contributed by atoms with Gasteiger partial charge >= 0.3 is 0 Å². The maximum atomic E-state index is 13.1. The summed E-state index contributed by atoms with van der Waals surface area (Å²) in [7, 11) is -8.11. The Labute approximate surface area is 110 Å². The second-order valence-corrected chi connectivity index (χ2v) is 7.16. The van der Waals surface area contributed by atoms with Crippen molar-refractivity contribution in [2.75, 3.05) is 4.72 Å². The molecule has 106 valence electrons. The number of benzene rings is 1. The molecule has 0 heterocycles. The van der Waals surface area contributed by atoms with Crippen LogP contribution in [0.1, 0.15) is 12.8 Å². The molecule has 1 aromatic rings. The third kappa shape index (κ3) is 3.86. The number of primary sulfonamides is 1. The van der Waals surface area contributed by atoms with Crippen LogP contribution in [0.4, 0.5) is 10.1 Å². The summed E-state index contributed by atoms with van der Waals surface area (Å²) in [5, 5.41) is 4.93. The summed E-state index contributed by atoms with van der Waals surface area (Å²) in [5.74, 6) is -0.781. The highest BCUT2D eigenvalue weighted by Gasteiger charge is 2.28. The molecule has 0 aliphatic heterocycles. The molecule has 1 aliphatic rings. The lowest BCUT2D eigenvalue weighted by Crippen LogP contribution is -2.32. The van der Waals surface area contributed by atoms with E-state index in [2.05, 4.69) is 4.72 Å². The molecular weight excluding hydrogens is 297 g/mol. The van der Waals surface area contributed by atoms with Crippen LogP contribution in [0.5, 0.6) is 0 Å². The van der Waals surface area contributed by atoms with E-state index in [9.17, 15) is 21.2 Å². The molecule has 1 saturated carbocycles. The summed E-state index contributed by atoms with van der Waals surface area (Å²) in [5.41, 5.74) is -0.421. The number of halogens is 1. The molecule has 19 heavy (non-hydrogen) atoms. The molecule has 1 aromatic carbocycles. The smallest absolute Gasteiger partial charge is 0.270 e. The van der Waals surface area contributed by atoms with Crippen molar-refractivity contribution >= 4 is 25.9 Å². The fourth-order valence-electron chi connectivity index (χ4n) is 1.42. The third-order valence-corrected chi connectivity index (χ3v) is 4.49. The highest BCUT2D eigenvalue weighted by Crippen LogP contribution is 2.24. The Morgan fingerprint density at radius 1 is 1.21 bits per heavy atom. The van der Waals surface area contributed by atoms with Gasteiger partial charge in [-0.25, -0.2) is 17.9 Å². The van der Waals surface area contributed by atoms with Gasteiger partial charge in [-0.1, -0.05) is 0 Å². The minimum absolute atomic E-state index is 0.163. The molecular formula is C9H12FN3O4S2. The van der Waals surface area contributed by atoms with Crippen molar-refractivity contribution in [1.82, 2.24) is 4.72 Å². The zero-order valence-electron chi connectivity index (χ0n) is 9.63. The first-order chi connectivity index (χ1) is 8.67. The SMILES string of the molecule is NS(=O)(=O)c1ccc(F)cc1NS(=O)(=O)NC1CC1. The number of sulfonamides is 1. The van der Waals surface area contributed by atoms with Crippen LogP contribution in [0.2, 0.25) is 0 Å². The van der Waals surface area contributed by atoms with Crippen molar-refractivity contribution in [2.45, 2.75) is 23.8 Å². The molecule has 2 rings (SSSR count). The lowest BCUT2D eigenvalue weighted by atomic mass is 10.3. The van der Waals surface area contributed by atoms with Crippen LogP contribution in [-0.4, -0.2) is 22.9 Å². The van der Waals surface area contributed by atoms with E-state index in [0.717, 1.165) is 18.2 Å². The first-order valence-electron chi connectivity index (χ1n) is 5.30. The second kappa shape index (κ2) is 4.71. The van der Waals surface area contributed by atoms with Crippen LogP contribution < -0.4 is 14.6 Å². The Morgan fingerprint density at radius 3 is 2.37 bits per heavy atom. The molecule has 1 fully saturated rings. The zero-order chi connectivity index (χ0) is 14.3. The average molecular weight is 309 g/mol. The van der Waals surface area contributed by atoms with E-state index < -0.39 is 36.6 Å². The van der Waals surface area contributed by atoms with Gasteiger partial charge in [0.2, 0.25) is 10.0 Å². The lowest BCUT2D eigenvalue weighted by Gasteiger charge is -2.11. The van der Waals surface area contributed by atoms with Gasteiger partial charge < -0.3 is 0 Å². The number of nitrogens with one attached hydrogen (secondary N) is 2. The molecule has 0 radical (unpaired) electrons. The van der Waals surface area contributed by atoms with Gasteiger partial charge in [0, 0.05) is 6.04 Å². The Bertz CT molecular complexity index is 698. The molecule has 0 amide bonds. The van der Waals surface area contributed by atoms with Crippen LogP contribution in [0.3, 0.4) is 0 Å². The van der Waals surface area contributed by atoms with E-state index in [0.29, 0.717) is 12.8 Å². The van der Waals surface area contributed by atoms with E-state index >= 15 is 0 Å². The van der Waals surface area contributed by atoms with E-state index in [1.165, 1.54) is 0 Å². The van der Waals surface area contributed by atoms with Crippen LogP contribution >= 0.6 is 0 Å². The summed E-state index contributed by atoms with van der Waals surface area (Å²) in [4.78, 5) is -0.491. The maximum absolute atomic E-state index is 13.1. The Kier molecular flexibility index (Phi) is 3.51. The van der Waals surface area contributed by atoms with E-state index in [4.69, 9.17) is 5.14 Å². The summed E-state index contributed by atoms with van der Waals surface area (Å²) < 4.78 is 63.2. The number of nitrogens with two attached hydrogens (primary N) is 1.